The summed E-state index contributed by atoms with van der Waals surface area (Å²) in [7, 11) is 0. The van der Waals surface area contributed by atoms with E-state index in [4.69, 9.17) is 9.47 Å². The molecule has 2 nitrogen and oxygen atoms in total. The molecule has 94 valence electrons. The summed E-state index contributed by atoms with van der Waals surface area (Å²) in [5.74, 6) is -0.536. The minimum Gasteiger partial charge on any atom is -0.343 e. The molecular weight excluding hydrogens is 280 g/mol. The van der Waals surface area contributed by atoms with Crippen LogP contribution in [0.4, 0.5) is 0 Å². The van der Waals surface area contributed by atoms with Crippen LogP contribution in [0.5, 0.6) is 0 Å². The largest absolute Gasteiger partial charge is 0.343 e. The third-order valence-electron chi connectivity index (χ3n) is 3.33. The van der Waals surface area contributed by atoms with E-state index >= 15 is 0 Å². The van der Waals surface area contributed by atoms with Crippen molar-refractivity contribution < 1.29 is 9.47 Å². The molecule has 0 atom stereocenters. The van der Waals surface area contributed by atoms with E-state index in [9.17, 15) is 0 Å². The second kappa shape index (κ2) is 5.09. The van der Waals surface area contributed by atoms with Crippen molar-refractivity contribution in [1.82, 2.24) is 0 Å². The van der Waals surface area contributed by atoms with Crippen LogP contribution in [0.25, 0.3) is 0 Å². The average molecular weight is 299 g/mol. The van der Waals surface area contributed by atoms with Crippen LogP contribution in [-0.4, -0.2) is 13.2 Å². The molecule has 0 unspecified atom stereocenters. The van der Waals surface area contributed by atoms with Gasteiger partial charge in [0.05, 0.1) is 13.2 Å². The first-order chi connectivity index (χ1) is 8.09. The average Bonchev–Trinajstić information content (AvgIpc) is 2.73. The van der Waals surface area contributed by atoms with Crippen molar-refractivity contribution in [3.8, 4) is 0 Å². The number of hydrogen-bond acceptors (Lipinski definition) is 2. The van der Waals surface area contributed by atoms with Gasteiger partial charge in [-0.3, -0.25) is 0 Å². The van der Waals surface area contributed by atoms with Gasteiger partial charge in [0.25, 0.3) is 0 Å². The van der Waals surface area contributed by atoms with E-state index in [0.717, 1.165) is 22.9 Å². The molecule has 1 aromatic rings. The highest BCUT2D eigenvalue weighted by atomic mass is 79.9. The highest BCUT2D eigenvalue weighted by Gasteiger charge is 2.39. The lowest BCUT2D eigenvalue weighted by Crippen LogP contribution is -2.27. The van der Waals surface area contributed by atoms with Gasteiger partial charge in [-0.25, -0.2) is 0 Å². The lowest BCUT2D eigenvalue weighted by molar-refractivity contribution is -0.171. The Hall–Kier alpha value is -0.380. The molecule has 17 heavy (non-hydrogen) atoms. The van der Waals surface area contributed by atoms with Gasteiger partial charge in [0.1, 0.15) is 0 Å². The van der Waals surface area contributed by atoms with E-state index in [1.807, 2.05) is 0 Å². The maximum absolute atomic E-state index is 5.89. The molecule has 3 heteroatoms. The SMILES string of the molecule is CCCC1(c2cc(C)c(C)cc2Br)OCCO1. The first kappa shape index (κ1) is 13.1. The summed E-state index contributed by atoms with van der Waals surface area (Å²) in [4.78, 5) is 0. The number of benzene rings is 1. The monoisotopic (exact) mass is 298 g/mol. The fraction of sp³-hybridized carbons (Fsp3) is 0.571. The van der Waals surface area contributed by atoms with Crippen LogP contribution in [0.15, 0.2) is 16.6 Å². The lowest BCUT2D eigenvalue weighted by Gasteiger charge is -2.29. The second-order valence-corrected chi connectivity index (χ2v) is 5.47. The normalized spacial score (nSPS) is 18.6. The quantitative estimate of drug-likeness (QED) is 0.837. The van der Waals surface area contributed by atoms with Gasteiger partial charge in [-0.1, -0.05) is 29.3 Å². The highest BCUT2D eigenvalue weighted by Crippen LogP contribution is 2.40. The Morgan fingerprint density at radius 2 is 1.76 bits per heavy atom. The van der Waals surface area contributed by atoms with E-state index in [-0.39, 0.29) is 0 Å². The summed E-state index contributed by atoms with van der Waals surface area (Å²) in [5.41, 5.74) is 3.68. The summed E-state index contributed by atoms with van der Waals surface area (Å²) in [6.07, 6.45) is 1.94. The molecule has 0 radical (unpaired) electrons. The van der Waals surface area contributed by atoms with Crippen molar-refractivity contribution in [2.24, 2.45) is 0 Å². The van der Waals surface area contributed by atoms with Gasteiger partial charge in [-0.05, 0) is 37.1 Å². The summed E-state index contributed by atoms with van der Waals surface area (Å²) < 4.78 is 12.9. The van der Waals surface area contributed by atoms with Crippen molar-refractivity contribution >= 4 is 15.9 Å². The van der Waals surface area contributed by atoms with E-state index < -0.39 is 5.79 Å². The van der Waals surface area contributed by atoms with Gasteiger partial charge in [0.2, 0.25) is 0 Å². The van der Waals surface area contributed by atoms with E-state index in [0.29, 0.717) is 13.2 Å². The molecule has 0 amide bonds. The number of aryl methyl sites for hydroxylation is 2. The Bertz CT molecular complexity index is 409. The molecule has 1 aromatic carbocycles. The van der Waals surface area contributed by atoms with E-state index in [1.165, 1.54) is 11.1 Å². The van der Waals surface area contributed by atoms with Gasteiger partial charge >= 0.3 is 0 Å². The minimum absolute atomic E-state index is 0.536. The van der Waals surface area contributed by atoms with Gasteiger partial charge in [0.15, 0.2) is 5.79 Å². The molecule has 1 fully saturated rings. The number of hydrogen-bond donors (Lipinski definition) is 0. The molecule has 0 saturated carbocycles. The zero-order chi connectivity index (χ0) is 12.5. The van der Waals surface area contributed by atoms with Crippen molar-refractivity contribution in [1.29, 1.82) is 0 Å². The number of halogens is 1. The maximum Gasteiger partial charge on any atom is 0.196 e. The summed E-state index contributed by atoms with van der Waals surface area (Å²) >= 11 is 3.64. The Morgan fingerprint density at radius 1 is 1.18 bits per heavy atom. The van der Waals surface area contributed by atoms with Gasteiger partial charge in [-0.15, -0.1) is 0 Å². The van der Waals surface area contributed by atoms with Crippen LogP contribution < -0.4 is 0 Å². The van der Waals surface area contributed by atoms with Crippen LogP contribution in [0.3, 0.4) is 0 Å². The fourth-order valence-corrected chi connectivity index (χ4v) is 3.05. The van der Waals surface area contributed by atoms with Crippen LogP contribution in [0.1, 0.15) is 36.5 Å². The summed E-state index contributed by atoms with van der Waals surface area (Å²) in [6, 6.07) is 4.33. The van der Waals surface area contributed by atoms with Crippen molar-refractivity contribution in [2.75, 3.05) is 13.2 Å². The van der Waals surface area contributed by atoms with Gasteiger partial charge in [-0.2, -0.15) is 0 Å². The highest BCUT2D eigenvalue weighted by molar-refractivity contribution is 9.10. The van der Waals surface area contributed by atoms with Crippen LogP contribution in [0, 0.1) is 13.8 Å². The molecule has 0 N–H and O–H groups in total. The van der Waals surface area contributed by atoms with Gasteiger partial charge < -0.3 is 9.47 Å². The Balaban J connectivity index is 2.46. The predicted molar refractivity (Wildman–Crippen MR) is 72.1 cm³/mol. The fourth-order valence-electron chi connectivity index (χ4n) is 2.29. The zero-order valence-electron chi connectivity index (χ0n) is 10.7. The molecule has 1 aliphatic heterocycles. The smallest absolute Gasteiger partial charge is 0.196 e. The summed E-state index contributed by atoms with van der Waals surface area (Å²) in [6.45, 7) is 7.76. The molecule has 0 aromatic heterocycles. The Kier molecular flexibility index (Phi) is 3.91. The third-order valence-corrected chi connectivity index (χ3v) is 3.98. The van der Waals surface area contributed by atoms with Gasteiger partial charge in [0, 0.05) is 16.5 Å². The third kappa shape index (κ3) is 2.42. The lowest BCUT2D eigenvalue weighted by atomic mass is 9.97. The number of rotatable bonds is 3. The minimum atomic E-state index is -0.536. The van der Waals surface area contributed by atoms with Crippen LogP contribution in [0.2, 0.25) is 0 Å². The molecular formula is C14H19BrO2. The summed E-state index contributed by atoms with van der Waals surface area (Å²) in [5, 5.41) is 0. The predicted octanol–water partition coefficient (Wildman–Crippen LogP) is 4.07. The van der Waals surface area contributed by atoms with Crippen molar-refractivity contribution in [3.05, 3.63) is 33.3 Å². The second-order valence-electron chi connectivity index (χ2n) is 4.62. The molecule has 0 spiro atoms. The standard InChI is InChI=1S/C14H19BrO2/c1-4-5-14(16-6-7-17-14)12-8-10(2)11(3)9-13(12)15/h8-9H,4-7H2,1-3H3. The molecule has 1 heterocycles. The molecule has 1 aliphatic rings. The first-order valence-corrected chi connectivity index (χ1v) is 6.93. The Morgan fingerprint density at radius 3 is 2.35 bits per heavy atom. The first-order valence-electron chi connectivity index (χ1n) is 6.14. The van der Waals surface area contributed by atoms with Crippen molar-refractivity contribution in [3.63, 3.8) is 0 Å². The van der Waals surface area contributed by atoms with Crippen LogP contribution in [-0.2, 0) is 15.3 Å². The van der Waals surface area contributed by atoms with Crippen LogP contribution >= 0.6 is 15.9 Å². The van der Waals surface area contributed by atoms with E-state index in [2.05, 4.69) is 48.8 Å². The van der Waals surface area contributed by atoms with Crippen molar-refractivity contribution in [2.45, 2.75) is 39.4 Å². The topological polar surface area (TPSA) is 18.5 Å². The Labute approximate surface area is 111 Å². The number of ether oxygens (including phenoxy) is 2. The molecule has 0 bridgehead atoms. The molecule has 0 aliphatic carbocycles. The maximum atomic E-state index is 5.89. The molecule has 1 saturated heterocycles. The van der Waals surface area contributed by atoms with E-state index in [1.54, 1.807) is 0 Å². The molecule has 2 rings (SSSR count). The zero-order valence-corrected chi connectivity index (χ0v) is 12.3.